The molecule has 1 atom stereocenters. The van der Waals surface area contributed by atoms with Gasteiger partial charge in [-0.2, -0.15) is 0 Å². The molecule has 4 nitrogen and oxygen atoms in total. The van der Waals surface area contributed by atoms with E-state index in [1.807, 2.05) is 0 Å². The lowest BCUT2D eigenvalue weighted by Gasteiger charge is -2.31. The Morgan fingerprint density at radius 1 is 1.27 bits per heavy atom. The standard InChI is InChI=1S/C11H17NO3/c13-10-6-8(11(14)15)7-12(10)9-4-2-1-3-5-9/h8-9H,1-7H2,(H,14,15)/t8-/m0/s1. The second-order valence-electron chi connectivity index (χ2n) is 4.58. The summed E-state index contributed by atoms with van der Waals surface area (Å²) >= 11 is 0. The predicted molar refractivity (Wildman–Crippen MR) is 54.3 cm³/mol. The van der Waals surface area contributed by atoms with Gasteiger partial charge >= 0.3 is 5.97 Å². The van der Waals surface area contributed by atoms with Crippen LogP contribution in [0.25, 0.3) is 0 Å². The average molecular weight is 211 g/mol. The molecule has 0 radical (unpaired) electrons. The van der Waals surface area contributed by atoms with Crippen LogP contribution < -0.4 is 0 Å². The maximum Gasteiger partial charge on any atom is 0.308 e. The predicted octanol–water partition coefficient (Wildman–Crippen LogP) is 1.25. The largest absolute Gasteiger partial charge is 0.481 e. The molecule has 0 spiro atoms. The molecule has 1 heterocycles. The number of carbonyl (C=O) groups is 2. The van der Waals surface area contributed by atoms with Gasteiger partial charge in [0.05, 0.1) is 5.92 Å². The molecule has 1 saturated carbocycles. The van der Waals surface area contributed by atoms with Gasteiger partial charge in [0.15, 0.2) is 0 Å². The monoisotopic (exact) mass is 211 g/mol. The third-order valence-electron chi connectivity index (χ3n) is 3.52. The van der Waals surface area contributed by atoms with Crippen molar-refractivity contribution in [1.29, 1.82) is 0 Å². The van der Waals surface area contributed by atoms with Gasteiger partial charge in [0.25, 0.3) is 0 Å². The van der Waals surface area contributed by atoms with Gasteiger partial charge in [-0.25, -0.2) is 0 Å². The van der Waals surface area contributed by atoms with Crippen molar-refractivity contribution in [3.05, 3.63) is 0 Å². The van der Waals surface area contributed by atoms with Crippen molar-refractivity contribution in [2.24, 2.45) is 5.92 Å². The summed E-state index contributed by atoms with van der Waals surface area (Å²) in [6, 6.07) is 0.315. The summed E-state index contributed by atoms with van der Waals surface area (Å²) in [5.74, 6) is -1.27. The molecule has 15 heavy (non-hydrogen) atoms. The van der Waals surface area contributed by atoms with E-state index in [9.17, 15) is 9.59 Å². The number of rotatable bonds is 2. The zero-order valence-electron chi connectivity index (χ0n) is 8.82. The Labute approximate surface area is 89.3 Å². The molecule has 0 aromatic heterocycles. The molecule has 2 rings (SSSR count). The van der Waals surface area contributed by atoms with E-state index < -0.39 is 11.9 Å². The Kier molecular flexibility index (Phi) is 2.93. The number of hydrogen-bond acceptors (Lipinski definition) is 2. The molecule has 0 aromatic rings. The van der Waals surface area contributed by atoms with E-state index in [4.69, 9.17) is 5.11 Å². The molecular weight excluding hydrogens is 194 g/mol. The molecule has 1 aliphatic carbocycles. The zero-order chi connectivity index (χ0) is 10.8. The van der Waals surface area contributed by atoms with Gasteiger partial charge in [-0.1, -0.05) is 19.3 Å². The van der Waals surface area contributed by atoms with Gasteiger partial charge in [-0.3, -0.25) is 9.59 Å². The first-order chi connectivity index (χ1) is 7.18. The quantitative estimate of drug-likeness (QED) is 0.748. The van der Waals surface area contributed by atoms with E-state index in [0.717, 1.165) is 12.8 Å². The summed E-state index contributed by atoms with van der Waals surface area (Å²) in [5.41, 5.74) is 0. The topological polar surface area (TPSA) is 57.6 Å². The highest BCUT2D eigenvalue weighted by Crippen LogP contribution is 2.28. The summed E-state index contributed by atoms with van der Waals surface area (Å²) in [5, 5.41) is 8.87. The van der Waals surface area contributed by atoms with Crippen LogP contribution in [0.4, 0.5) is 0 Å². The number of amides is 1. The zero-order valence-corrected chi connectivity index (χ0v) is 8.82. The molecule has 0 unspecified atom stereocenters. The van der Waals surface area contributed by atoms with Crippen molar-refractivity contribution in [1.82, 2.24) is 4.90 Å². The first-order valence-corrected chi connectivity index (χ1v) is 5.71. The molecule has 1 amide bonds. The SMILES string of the molecule is O=C(O)[C@H]1CC(=O)N(C2CCCCC2)C1. The van der Waals surface area contributed by atoms with Crippen molar-refractivity contribution in [2.75, 3.05) is 6.54 Å². The van der Waals surface area contributed by atoms with Gasteiger partial charge in [0, 0.05) is 19.0 Å². The van der Waals surface area contributed by atoms with Crippen LogP contribution in [0.15, 0.2) is 0 Å². The third-order valence-corrected chi connectivity index (χ3v) is 3.52. The Morgan fingerprint density at radius 3 is 2.47 bits per heavy atom. The molecule has 2 aliphatic rings. The lowest BCUT2D eigenvalue weighted by molar-refractivity contribution is -0.141. The van der Waals surface area contributed by atoms with Crippen LogP contribution >= 0.6 is 0 Å². The number of carboxylic acids is 1. The van der Waals surface area contributed by atoms with Crippen LogP contribution in [0, 0.1) is 5.92 Å². The van der Waals surface area contributed by atoms with Crippen LogP contribution in [-0.4, -0.2) is 34.5 Å². The summed E-state index contributed by atoms with van der Waals surface area (Å²) in [7, 11) is 0. The fourth-order valence-corrected chi connectivity index (χ4v) is 2.64. The van der Waals surface area contributed by atoms with E-state index >= 15 is 0 Å². The average Bonchev–Trinajstić information content (AvgIpc) is 2.62. The van der Waals surface area contributed by atoms with Crippen LogP contribution in [0.2, 0.25) is 0 Å². The highest BCUT2D eigenvalue weighted by Gasteiger charge is 2.37. The minimum absolute atomic E-state index is 0.0364. The molecule has 4 heteroatoms. The normalized spacial score (nSPS) is 28.4. The van der Waals surface area contributed by atoms with Gasteiger partial charge in [0.2, 0.25) is 5.91 Å². The third kappa shape index (κ3) is 2.13. The Bertz CT molecular complexity index is 271. The molecule has 1 N–H and O–H groups in total. The Hall–Kier alpha value is -1.06. The second-order valence-corrected chi connectivity index (χ2v) is 4.58. The second kappa shape index (κ2) is 4.21. The molecule has 0 aromatic carbocycles. The summed E-state index contributed by atoms with van der Waals surface area (Å²) in [6.45, 7) is 0.429. The number of carboxylic acid groups (broad SMARTS) is 1. The fraction of sp³-hybridized carbons (Fsp3) is 0.818. The molecule has 0 bridgehead atoms. The summed E-state index contributed by atoms with van der Waals surface area (Å²) < 4.78 is 0. The molecule has 1 saturated heterocycles. The van der Waals surface area contributed by atoms with Crippen LogP contribution in [0.5, 0.6) is 0 Å². The van der Waals surface area contributed by atoms with Gasteiger partial charge < -0.3 is 10.0 Å². The highest BCUT2D eigenvalue weighted by atomic mass is 16.4. The van der Waals surface area contributed by atoms with Crippen molar-refractivity contribution < 1.29 is 14.7 Å². The molecule has 84 valence electrons. The summed E-state index contributed by atoms with van der Waals surface area (Å²) in [6.07, 6.45) is 5.90. The number of likely N-dealkylation sites (tertiary alicyclic amines) is 1. The Balaban J connectivity index is 1.97. The maximum atomic E-state index is 11.7. The van der Waals surface area contributed by atoms with Crippen molar-refractivity contribution in [3.63, 3.8) is 0 Å². The molecule has 2 fully saturated rings. The maximum absolute atomic E-state index is 11.7. The van der Waals surface area contributed by atoms with Crippen LogP contribution in [0.1, 0.15) is 38.5 Å². The first-order valence-electron chi connectivity index (χ1n) is 5.71. The summed E-state index contributed by atoms with van der Waals surface area (Å²) in [4.78, 5) is 24.3. The van der Waals surface area contributed by atoms with E-state index in [-0.39, 0.29) is 12.3 Å². The van der Waals surface area contributed by atoms with Gasteiger partial charge in [0.1, 0.15) is 0 Å². The minimum Gasteiger partial charge on any atom is -0.481 e. The van der Waals surface area contributed by atoms with Crippen LogP contribution in [0.3, 0.4) is 0 Å². The fourth-order valence-electron chi connectivity index (χ4n) is 2.64. The van der Waals surface area contributed by atoms with Crippen molar-refractivity contribution >= 4 is 11.9 Å². The van der Waals surface area contributed by atoms with E-state index in [2.05, 4.69) is 0 Å². The Morgan fingerprint density at radius 2 is 1.93 bits per heavy atom. The van der Waals surface area contributed by atoms with E-state index in [1.54, 1.807) is 4.90 Å². The number of hydrogen-bond donors (Lipinski definition) is 1. The van der Waals surface area contributed by atoms with Crippen molar-refractivity contribution in [2.45, 2.75) is 44.6 Å². The van der Waals surface area contributed by atoms with Gasteiger partial charge in [-0.15, -0.1) is 0 Å². The van der Waals surface area contributed by atoms with E-state index in [0.29, 0.717) is 12.6 Å². The lowest BCUT2D eigenvalue weighted by Crippen LogP contribution is -2.38. The molecular formula is C11H17NO3. The number of aliphatic carboxylic acids is 1. The van der Waals surface area contributed by atoms with Crippen molar-refractivity contribution in [3.8, 4) is 0 Å². The first kappa shape index (κ1) is 10.5. The molecule has 1 aliphatic heterocycles. The number of carbonyl (C=O) groups excluding carboxylic acids is 1. The van der Waals surface area contributed by atoms with Crippen LogP contribution in [-0.2, 0) is 9.59 Å². The van der Waals surface area contributed by atoms with Gasteiger partial charge in [-0.05, 0) is 12.8 Å². The lowest BCUT2D eigenvalue weighted by atomic mass is 9.94. The highest BCUT2D eigenvalue weighted by molar-refractivity contribution is 5.86. The van der Waals surface area contributed by atoms with E-state index in [1.165, 1.54) is 19.3 Å². The minimum atomic E-state index is -0.832. The smallest absolute Gasteiger partial charge is 0.308 e. The number of nitrogens with zero attached hydrogens (tertiary/aromatic N) is 1.